The first-order valence-corrected chi connectivity index (χ1v) is 5.90. The maximum absolute atomic E-state index is 11.7. The summed E-state index contributed by atoms with van der Waals surface area (Å²) < 4.78 is 11.7. The van der Waals surface area contributed by atoms with Gasteiger partial charge < -0.3 is 14.8 Å². The fourth-order valence-electron chi connectivity index (χ4n) is 1.62. The smallest absolute Gasteiger partial charge is 0.242 e. The monoisotopic (exact) mass is 277 g/mol. The number of hydrogen-bond acceptors (Lipinski definition) is 6. The summed E-state index contributed by atoms with van der Waals surface area (Å²) in [5, 5.41) is 13.3. The van der Waals surface area contributed by atoms with Crippen molar-refractivity contribution >= 4 is 5.91 Å². The number of rotatable bonds is 6. The average molecular weight is 277 g/mol. The minimum atomic E-state index is -0.181. The molecule has 1 heterocycles. The van der Waals surface area contributed by atoms with E-state index in [9.17, 15) is 4.79 Å². The standard InChI is InChI=1S/C12H15N5O3/c1-19-10-3-9(4-11(5-10)20-2)6-13-12(18)7-17-8-14-15-16-17/h3-5,8H,6-7H2,1-2H3,(H,13,18). The third-order valence-corrected chi connectivity index (χ3v) is 2.60. The Balaban J connectivity index is 1.94. The van der Waals surface area contributed by atoms with Gasteiger partial charge in [0.1, 0.15) is 24.4 Å². The summed E-state index contributed by atoms with van der Waals surface area (Å²) in [6.45, 7) is 0.447. The molecule has 20 heavy (non-hydrogen) atoms. The third-order valence-electron chi connectivity index (χ3n) is 2.60. The minimum Gasteiger partial charge on any atom is -0.497 e. The number of ether oxygens (including phenoxy) is 2. The summed E-state index contributed by atoms with van der Waals surface area (Å²) in [4.78, 5) is 11.7. The van der Waals surface area contributed by atoms with Gasteiger partial charge in [0.05, 0.1) is 14.2 Å². The van der Waals surface area contributed by atoms with E-state index in [0.717, 1.165) is 5.56 Å². The van der Waals surface area contributed by atoms with Crippen molar-refractivity contribution in [2.75, 3.05) is 14.2 Å². The van der Waals surface area contributed by atoms with Crippen LogP contribution in [0, 0.1) is 0 Å². The van der Waals surface area contributed by atoms with Gasteiger partial charge in [0.25, 0.3) is 0 Å². The van der Waals surface area contributed by atoms with Crippen LogP contribution in [0.5, 0.6) is 11.5 Å². The molecule has 1 amide bonds. The van der Waals surface area contributed by atoms with E-state index in [0.29, 0.717) is 18.0 Å². The van der Waals surface area contributed by atoms with Crippen molar-refractivity contribution in [2.45, 2.75) is 13.1 Å². The van der Waals surface area contributed by atoms with Gasteiger partial charge in [-0.2, -0.15) is 0 Å². The second-order valence-electron chi connectivity index (χ2n) is 4.01. The van der Waals surface area contributed by atoms with Crippen LogP contribution < -0.4 is 14.8 Å². The van der Waals surface area contributed by atoms with E-state index in [4.69, 9.17) is 9.47 Å². The molecule has 0 unspecified atom stereocenters. The van der Waals surface area contributed by atoms with E-state index in [-0.39, 0.29) is 12.5 Å². The molecule has 0 aliphatic rings. The van der Waals surface area contributed by atoms with Crippen molar-refractivity contribution < 1.29 is 14.3 Å². The Morgan fingerprint density at radius 1 is 1.25 bits per heavy atom. The summed E-state index contributed by atoms with van der Waals surface area (Å²) in [5.74, 6) is 1.17. The first-order valence-electron chi connectivity index (χ1n) is 5.90. The molecule has 0 aliphatic heterocycles. The summed E-state index contributed by atoms with van der Waals surface area (Å²) >= 11 is 0. The molecular weight excluding hydrogens is 262 g/mol. The molecule has 0 saturated carbocycles. The molecule has 0 aliphatic carbocycles. The third kappa shape index (κ3) is 3.67. The van der Waals surface area contributed by atoms with Gasteiger partial charge in [-0.15, -0.1) is 5.10 Å². The lowest BCUT2D eigenvalue weighted by molar-refractivity contribution is -0.122. The molecule has 0 radical (unpaired) electrons. The Bertz CT molecular complexity index is 548. The first kappa shape index (κ1) is 13.8. The number of aromatic nitrogens is 4. The van der Waals surface area contributed by atoms with Crippen LogP contribution >= 0.6 is 0 Å². The van der Waals surface area contributed by atoms with E-state index in [2.05, 4.69) is 20.8 Å². The fraction of sp³-hybridized carbons (Fsp3) is 0.333. The maximum atomic E-state index is 11.7. The molecule has 0 atom stereocenters. The molecule has 2 rings (SSSR count). The highest BCUT2D eigenvalue weighted by atomic mass is 16.5. The summed E-state index contributed by atoms with van der Waals surface area (Å²) in [7, 11) is 3.16. The van der Waals surface area contributed by atoms with Gasteiger partial charge in [-0.25, -0.2) is 4.68 Å². The molecule has 0 bridgehead atoms. The fourth-order valence-corrected chi connectivity index (χ4v) is 1.62. The number of benzene rings is 1. The number of carbonyl (C=O) groups is 1. The Morgan fingerprint density at radius 3 is 2.50 bits per heavy atom. The van der Waals surface area contributed by atoms with E-state index in [1.807, 2.05) is 12.1 Å². The molecule has 106 valence electrons. The van der Waals surface area contributed by atoms with Gasteiger partial charge in [0.15, 0.2) is 0 Å². The number of nitrogens with one attached hydrogen (secondary N) is 1. The molecule has 2 aromatic rings. The van der Waals surface area contributed by atoms with Gasteiger partial charge >= 0.3 is 0 Å². The number of hydrogen-bond donors (Lipinski definition) is 1. The predicted molar refractivity (Wildman–Crippen MR) is 69.2 cm³/mol. The van der Waals surface area contributed by atoms with Crippen molar-refractivity contribution in [3.63, 3.8) is 0 Å². The largest absolute Gasteiger partial charge is 0.497 e. The van der Waals surface area contributed by atoms with Crippen LogP contribution in [0.4, 0.5) is 0 Å². The number of amides is 1. The summed E-state index contributed by atoms with van der Waals surface area (Å²) in [6.07, 6.45) is 1.38. The van der Waals surface area contributed by atoms with Crippen LogP contribution in [0.25, 0.3) is 0 Å². The number of carbonyl (C=O) groups excluding carboxylic acids is 1. The molecule has 1 aromatic heterocycles. The average Bonchev–Trinajstić information content (AvgIpc) is 2.97. The lowest BCUT2D eigenvalue weighted by Gasteiger charge is -2.09. The van der Waals surface area contributed by atoms with E-state index < -0.39 is 0 Å². The summed E-state index contributed by atoms with van der Waals surface area (Å²) in [5.41, 5.74) is 0.881. The predicted octanol–water partition coefficient (Wildman–Crippen LogP) is 0.00670. The highest BCUT2D eigenvalue weighted by Crippen LogP contribution is 2.22. The molecule has 0 fully saturated rings. The SMILES string of the molecule is COc1cc(CNC(=O)Cn2cnnn2)cc(OC)c1. The quantitative estimate of drug-likeness (QED) is 0.799. The van der Waals surface area contributed by atoms with Gasteiger partial charge in [0.2, 0.25) is 5.91 Å². The van der Waals surface area contributed by atoms with Gasteiger partial charge in [-0.05, 0) is 28.1 Å². The van der Waals surface area contributed by atoms with Crippen LogP contribution in [-0.2, 0) is 17.9 Å². The summed E-state index contributed by atoms with van der Waals surface area (Å²) in [6, 6.07) is 5.44. The minimum absolute atomic E-state index is 0.0775. The van der Waals surface area contributed by atoms with Crippen LogP contribution in [0.2, 0.25) is 0 Å². The lowest BCUT2D eigenvalue weighted by atomic mass is 10.2. The van der Waals surface area contributed by atoms with Gasteiger partial charge in [0, 0.05) is 12.6 Å². The van der Waals surface area contributed by atoms with Gasteiger partial charge in [-0.3, -0.25) is 4.79 Å². The molecule has 0 saturated heterocycles. The Labute approximate surface area is 115 Å². The zero-order chi connectivity index (χ0) is 14.4. The Kier molecular flexibility index (Phi) is 4.48. The normalized spacial score (nSPS) is 10.1. The first-order chi connectivity index (χ1) is 9.71. The van der Waals surface area contributed by atoms with Crippen molar-refractivity contribution in [3.8, 4) is 11.5 Å². The number of nitrogens with zero attached hydrogens (tertiary/aromatic N) is 4. The highest BCUT2D eigenvalue weighted by molar-refractivity contribution is 5.75. The second kappa shape index (κ2) is 6.50. The zero-order valence-electron chi connectivity index (χ0n) is 11.2. The van der Waals surface area contributed by atoms with Crippen molar-refractivity contribution in [1.29, 1.82) is 0 Å². The second-order valence-corrected chi connectivity index (χ2v) is 4.01. The number of tetrazole rings is 1. The van der Waals surface area contributed by atoms with E-state index in [1.165, 1.54) is 11.0 Å². The van der Waals surface area contributed by atoms with E-state index >= 15 is 0 Å². The van der Waals surface area contributed by atoms with E-state index in [1.54, 1.807) is 20.3 Å². The van der Waals surface area contributed by atoms with Crippen LogP contribution in [-0.4, -0.2) is 40.3 Å². The Morgan fingerprint density at radius 2 is 1.95 bits per heavy atom. The van der Waals surface area contributed by atoms with Crippen LogP contribution in [0.1, 0.15) is 5.56 Å². The molecular formula is C12H15N5O3. The van der Waals surface area contributed by atoms with Crippen molar-refractivity contribution in [1.82, 2.24) is 25.5 Å². The highest BCUT2D eigenvalue weighted by Gasteiger charge is 2.06. The molecule has 8 heteroatoms. The van der Waals surface area contributed by atoms with Crippen molar-refractivity contribution in [3.05, 3.63) is 30.1 Å². The topological polar surface area (TPSA) is 91.2 Å². The Hall–Kier alpha value is -2.64. The van der Waals surface area contributed by atoms with Crippen LogP contribution in [0.15, 0.2) is 24.5 Å². The van der Waals surface area contributed by atoms with Crippen molar-refractivity contribution in [2.24, 2.45) is 0 Å². The molecule has 1 N–H and O–H groups in total. The number of methoxy groups -OCH3 is 2. The molecule has 0 spiro atoms. The van der Waals surface area contributed by atoms with Crippen LogP contribution in [0.3, 0.4) is 0 Å². The zero-order valence-corrected chi connectivity index (χ0v) is 11.2. The molecule has 8 nitrogen and oxygen atoms in total. The molecule has 1 aromatic carbocycles. The maximum Gasteiger partial charge on any atom is 0.242 e. The lowest BCUT2D eigenvalue weighted by Crippen LogP contribution is -2.27. The van der Waals surface area contributed by atoms with Gasteiger partial charge in [-0.1, -0.05) is 0 Å².